The highest BCUT2D eigenvalue weighted by atomic mass is 79.9. The highest BCUT2D eigenvalue weighted by Gasteiger charge is 2.63. The number of likely N-dealkylation sites (tertiary alicyclic amines) is 1. The van der Waals surface area contributed by atoms with Crippen molar-refractivity contribution in [2.75, 3.05) is 13.2 Å². The Morgan fingerprint density at radius 3 is 2.70 bits per heavy atom. The second-order valence-electron chi connectivity index (χ2n) is 14.7. The molecule has 3 fully saturated rings. The lowest BCUT2D eigenvalue weighted by Crippen LogP contribution is -2.72. The maximum atomic E-state index is 12.7. The normalized spacial score (nSPS) is 30.8. The topological polar surface area (TPSA) is 98.1 Å². The first-order chi connectivity index (χ1) is 20.8. The zero-order valence-electron chi connectivity index (χ0n) is 26.5. The van der Waals surface area contributed by atoms with E-state index < -0.39 is 20.1 Å². The summed E-state index contributed by atoms with van der Waals surface area (Å²) in [5, 5.41) is 20.4. The maximum Gasteiger partial charge on any atom is 0.407 e. The zero-order chi connectivity index (χ0) is 31.5. The molecule has 242 valence electrons. The van der Waals surface area contributed by atoms with Crippen molar-refractivity contribution < 1.29 is 23.8 Å². The predicted molar refractivity (Wildman–Crippen MR) is 177 cm³/mol. The summed E-state index contributed by atoms with van der Waals surface area (Å²) in [6, 6.07) is 1.61. The van der Waals surface area contributed by atoms with Gasteiger partial charge in [0.2, 0.25) is 5.72 Å². The molecule has 1 amide bonds. The number of benzene rings is 1. The van der Waals surface area contributed by atoms with Crippen LogP contribution in [0.15, 0.2) is 29.2 Å². The number of amides is 1. The van der Waals surface area contributed by atoms with Gasteiger partial charge in [-0.15, -0.1) is 0 Å². The number of nitrogens with one attached hydrogen (secondary N) is 1. The molecule has 9 nitrogen and oxygen atoms in total. The highest BCUT2D eigenvalue weighted by molar-refractivity contribution is 9.10. The maximum absolute atomic E-state index is 12.7. The number of aromatic nitrogens is 2. The van der Waals surface area contributed by atoms with E-state index in [-0.39, 0.29) is 28.8 Å². The molecular weight excluding hydrogens is 664 g/mol. The van der Waals surface area contributed by atoms with Crippen molar-refractivity contribution in [2.24, 2.45) is 5.41 Å². The van der Waals surface area contributed by atoms with E-state index in [1.54, 1.807) is 17.4 Å². The summed E-state index contributed by atoms with van der Waals surface area (Å²) in [5.74, 6) is 0. The molecule has 1 spiro atoms. The fraction of sp³-hybridized carbons (Fsp3) is 0.688. The second kappa shape index (κ2) is 11.8. The SMILES string of the molecule is CC(C)(C)[Si](C)(C)OC1CC2(CCCN(C(=O)O)C2C2(CCc3c(Cl)cc4c(cnn4C4CCCCO4)c3Br)NC=CO2)C1. The van der Waals surface area contributed by atoms with E-state index in [4.69, 9.17) is 25.5 Å². The number of hydrogen-bond acceptors (Lipinski definition) is 6. The van der Waals surface area contributed by atoms with Gasteiger partial charge in [0.05, 0.1) is 17.8 Å². The molecule has 1 aromatic carbocycles. The number of hydrogen-bond donors (Lipinski definition) is 2. The van der Waals surface area contributed by atoms with Gasteiger partial charge in [0.25, 0.3) is 0 Å². The van der Waals surface area contributed by atoms with Crippen molar-refractivity contribution in [1.82, 2.24) is 20.0 Å². The Kier molecular flexibility index (Phi) is 8.61. The van der Waals surface area contributed by atoms with E-state index in [0.29, 0.717) is 24.4 Å². The molecule has 6 rings (SSSR count). The molecule has 44 heavy (non-hydrogen) atoms. The highest BCUT2D eigenvalue weighted by Crippen LogP contribution is 2.58. The Labute approximate surface area is 274 Å². The van der Waals surface area contributed by atoms with Gasteiger partial charge in [-0.3, -0.25) is 4.90 Å². The van der Waals surface area contributed by atoms with Gasteiger partial charge in [-0.2, -0.15) is 5.10 Å². The minimum atomic E-state index is -1.96. The van der Waals surface area contributed by atoms with Crippen molar-refractivity contribution >= 4 is 52.8 Å². The van der Waals surface area contributed by atoms with Crippen LogP contribution in [0.2, 0.25) is 23.2 Å². The summed E-state index contributed by atoms with van der Waals surface area (Å²) < 4.78 is 22.1. The third-order valence-electron chi connectivity index (χ3n) is 10.9. The van der Waals surface area contributed by atoms with Gasteiger partial charge < -0.3 is 24.3 Å². The molecule has 3 atom stereocenters. The standard InChI is InChI=1S/C32H46BrClN4O5Si/c1-30(2,3)44(4,5)43-21-18-31(19-21)11-8-14-37(29(39)40)28(31)32(35-13-16-42-32)12-10-22-24(34)17-25-23(27(22)33)20-36-38(25)26-9-6-7-15-41-26/h13,16-17,20-21,26,28,35H,6-12,14-15,18-19H2,1-5H3,(H,39,40). The van der Waals surface area contributed by atoms with Gasteiger partial charge in [-0.05, 0) is 97.1 Å². The Morgan fingerprint density at radius 1 is 1.30 bits per heavy atom. The first-order valence-electron chi connectivity index (χ1n) is 16.0. The van der Waals surface area contributed by atoms with Crippen LogP contribution in [0.3, 0.4) is 0 Å². The van der Waals surface area contributed by atoms with Crippen LogP contribution >= 0.6 is 27.5 Å². The van der Waals surface area contributed by atoms with Crippen LogP contribution in [-0.2, 0) is 20.3 Å². The number of piperidine rings is 1. The summed E-state index contributed by atoms with van der Waals surface area (Å²) in [7, 11) is -1.96. The minimum Gasteiger partial charge on any atom is -0.472 e. The third kappa shape index (κ3) is 5.58. The average molecular weight is 710 g/mol. The number of fused-ring (bicyclic) bond motifs is 1. The number of carbonyl (C=O) groups is 1. The van der Waals surface area contributed by atoms with Crippen molar-refractivity contribution in [3.63, 3.8) is 0 Å². The van der Waals surface area contributed by atoms with Crippen LogP contribution < -0.4 is 5.32 Å². The Bertz CT molecular complexity index is 1420. The minimum absolute atomic E-state index is 0.0862. The molecular formula is C32H46BrClN4O5Si. The first-order valence-corrected chi connectivity index (χ1v) is 20.1. The lowest BCUT2D eigenvalue weighted by molar-refractivity contribution is -0.175. The zero-order valence-corrected chi connectivity index (χ0v) is 29.8. The van der Waals surface area contributed by atoms with E-state index in [9.17, 15) is 9.90 Å². The van der Waals surface area contributed by atoms with Crippen LogP contribution in [0, 0.1) is 5.41 Å². The number of rotatable bonds is 7. The van der Waals surface area contributed by atoms with Crippen LogP contribution in [0.4, 0.5) is 4.79 Å². The van der Waals surface area contributed by atoms with Crippen molar-refractivity contribution in [3.05, 3.63) is 39.8 Å². The van der Waals surface area contributed by atoms with E-state index in [1.807, 2.05) is 16.9 Å². The van der Waals surface area contributed by atoms with Crippen LogP contribution in [0.1, 0.15) is 83.9 Å². The largest absolute Gasteiger partial charge is 0.472 e. The first kappa shape index (κ1) is 32.2. The van der Waals surface area contributed by atoms with Gasteiger partial charge >= 0.3 is 6.09 Å². The number of ether oxygens (including phenoxy) is 2. The van der Waals surface area contributed by atoms with Gasteiger partial charge in [0, 0.05) is 52.2 Å². The van der Waals surface area contributed by atoms with Gasteiger partial charge in [0.1, 0.15) is 6.26 Å². The van der Waals surface area contributed by atoms with Crippen LogP contribution in [0.5, 0.6) is 0 Å². The monoisotopic (exact) mass is 708 g/mol. The van der Waals surface area contributed by atoms with Crippen molar-refractivity contribution in [3.8, 4) is 0 Å². The quantitative estimate of drug-likeness (QED) is 0.280. The third-order valence-corrected chi connectivity index (χ3v) is 16.7. The fourth-order valence-electron chi connectivity index (χ4n) is 7.72. The number of halogens is 2. The molecule has 1 saturated carbocycles. The van der Waals surface area contributed by atoms with Gasteiger partial charge in [0.15, 0.2) is 14.5 Å². The van der Waals surface area contributed by atoms with E-state index in [2.05, 4.69) is 60.2 Å². The van der Waals surface area contributed by atoms with Gasteiger partial charge in [-0.1, -0.05) is 32.4 Å². The Morgan fingerprint density at radius 2 is 2.07 bits per heavy atom. The summed E-state index contributed by atoms with van der Waals surface area (Å²) in [6.45, 7) is 12.6. The molecule has 3 unspecified atom stereocenters. The molecule has 1 aliphatic carbocycles. The lowest BCUT2D eigenvalue weighted by Gasteiger charge is -2.62. The molecule has 4 heterocycles. The number of carboxylic acid groups (broad SMARTS) is 1. The van der Waals surface area contributed by atoms with E-state index in [0.717, 1.165) is 72.5 Å². The molecule has 2 saturated heterocycles. The summed E-state index contributed by atoms with van der Waals surface area (Å²) in [5.41, 5.74) is 0.752. The predicted octanol–water partition coefficient (Wildman–Crippen LogP) is 8.18. The van der Waals surface area contributed by atoms with Gasteiger partial charge in [-0.25, -0.2) is 9.48 Å². The molecule has 12 heteroatoms. The van der Waals surface area contributed by atoms with E-state index in [1.165, 1.54) is 0 Å². The molecule has 0 radical (unpaired) electrons. The Balaban J connectivity index is 1.28. The Hall–Kier alpha value is -1.79. The summed E-state index contributed by atoms with van der Waals surface area (Å²) >= 11 is 10.8. The summed E-state index contributed by atoms with van der Waals surface area (Å²) in [4.78, 5) is 14.4. The number of nitrogens with zero attached hydrogens (tertiary/aromatic N) is 3. The van der Waals surface area contributed by atoms with E-state index >= 15 is 0 Å². The molecule has 3 aliphatic heterocycles. The van der Waals surface area contributed by atoms with Crippen LogP contribution in [0.25, 0.3) is 10.9 Å². The fourth-order valence-corrected chi connectivity index (χ4v) is 10.2. The second-order valence-corrected chi connectivity index (χ2v) is 20.7. The van der Waals surface area contributed by atoms with Crippen LogP contribution in [-0.4, -0.2) is 65.2 Å². The van der Waals surface area contributed by atoms with Crippen molar-refractivity contribution in [1.29, 1.82) is 0 Å². The molecule has 2 aromatic rings. The smallest absolute Gasteiger partial charge is 0.407 e. The molecule has 4 aliphatic rings. The summed E-state index contributed by atoms with van der Waals surface area (Å²) in [6.07, 6.45) is 12.2. The lowest BCUT2D eigenvalue weighted by atomic mass is 9.55. The molecule has 0 bridgehead atoms. The van der Waals surface area contributed by atoms with Crippen molar-refractivity contribution in [2.45, 2.75) is 121 Å². The molecule has 2 N–H and O–H groups in total. The molecule has 1 aromatic heterocycles. The average Bonchev–Trinajstić information content (AvgIpc) is 3.60.